The zero-order valence-electron chi connectivity index (χ0n) is 10.4. The van der Waals surface area contributed by atoms with Gasteiger partial charge in [0.25, 0.3) is 0 Å². The number of rotatable bonds is 2. The summed E-state index contributed by atoms with van der Waals surface area (Å²) in [5.41, 5.74) is 3.47. The smallest absolute Gasteiger partial charge is 0.119 e. The standard InChI is InChI=1S/C15H14N2O/c1-17-14-6-5-13(18-2)8-12(14)9-15(17)11-4-3-7-16-10-11/h3-10H,1-2H3. The summed E-state index contributed by atoms with van der Waals surface area (Å²) in [6.45, 7) is 0. The van der Waals surface area contributed by atoms with Crippen LogP contribution in [0.5, 0.6) is 5.75 Å². The number of pyridine rings is 1. The molecular weight excluding hydrogens is 224 g/mol. The molecule has 0 atom stereocenters. The summed E-state index contributed by atoms with van der Waals surface area (Å²) in [6.07, 6.45) is 3.67. The average molecular weight is 238 g/mol. The Morgan fingerprint density at radius 2 is 2.06 bits per heavy atom. The quantitative estimate of drug-likeness (QED) is 0.685. The number of nitrogens with zero attached hydrogens (tertiary/aromatic N) is 2. The summed E-state index contributed by atoms with van der Waals surface area (Å²) in [6, 6.07) is 12.3. The van der Waals surface area contributed by atoms with Crippen molar-refractivity contribution >= 4 is 10.9 Å². The summed E-state index contributed by atoms with van der Waals surface area (Å²) < 4.78 is 7.43. The zero-order chi connectivity index (χ0) is 12.5. The van der Waals surface area contributed by atoms with Crippen LogP contribution in [0.15, 0.2) is 48.8 Å². The fourth-order valence-corrected chi connectivity index (χ4v) is 2.25. The minimum atomic E-state index is 0.880. The molecule has 3 aromatic rings. The van der Waals surface area contributed by atoms with Gasteiger partial charge in [-0.25, -0.2) is 0 Å². The molecule has 0 fully saturated rings. The Hall–Kier alpha value is -2.29. The minimum absolute atomic E-state index is 0.880. The highest BCUT2D eigenvalue weighted by Gasteiger charge is 2.08. The molecule has 0 N–H and O–H groups in total. The van der Waals surface area contributed by atoms with E-state index >= 15 is 0 Å². The van der Waals surface area contributed by atoms with Gasteiger partial charge in [0.2, 0.25) is 0 Å². The highest BCUT2D eigenvalue weighted by molar-refractivity contribution is 5.87. The van der Waals surface area contributed by atoms with Gasteiger partial charge in [-0.15, -0.1) is 0 Å². The van der Waals surface area contributed by atoms with E-state index in [2.05, 4.69) is 40.9 Å². The van der Waals surface area contributed by atoms with Crippen molar-refractivity contribution in [1.82, 2.24) is 9.55 Å². The molecule has 0 saturated carbocycles. The van der Waals surface area contributed by atoms with Gasteiger partial charge in [0.1, 0.15) is 5.75 Å². The fraction of sp³-hybridized carbons (Fsp3) is 0.133. The van der Waals surface area contributed by atoms with Crippen LogP contribution in [-0.2, 0) is 7.05 Å². The van der Waals surface area contributed by atoms with Crippen LogP contribution in [-0.4, -0.2) is 16.7 Å². The second kappa shape index (κ2) is 4.18. The lowest BCUT2D eigenvalue weighted by atomic mass is 10.2. The molecule has 0 aliphatic rings. The van der Waals surface area contributed by atoms with Gasteiger partial charge in [0, 0.05) is 35.9 Å². The molecule has 3 nitrogen and oxygen atoms in total. The van der Waals surface area contributed by atoms with Crippen molar-refractivity contribution in [3.8, 4) is 17.0 Å². The first-order valence-corrected chi connectivity index (χ1v) is 5.83. The Labute approximate surface area is 106 Å². The Morgan fingerprint density at radius 1 is 1.17 bits per heavy atom. The van der Waals surface area contributed by atoms with Crippen molar-refractivity contribution in [2.75, 3.05) is 7.11 Å². The van der Waals surface area contributed by atoms with Gasteiger partial charge in [-0.1, -0.05) is 0 Å². The molecule has 90 valence electrons. The van der Waals surface area contributed by atoms with Crippen LogP contribution in [0.1, 0.15) is 0 Å². The average Bonchev–Trinajstić information content (AvgIpc) is 2.76. The number of hydrogen-bond donors (Lipinski definition) is 0. The molecule has 3 heteroatoms. The highest BCUT2D eigenvalue weighted by Crippen LogP contribution is 2.29. The first-order valence-electron chi connectivity index (χ1n) is 5.83. The summed E-state index contributed by atoms with van der Waals surface area (Å²) in [4.78, 5) is 4.17. The van der Waals surface area contributed by atoms with E-state index in [1.54, 1.807) is 13.3 Å². The summed E-state index contributed by atoms with van der Waals surface area (Å²) in [5, 5.41) is 1.18. The van der Waals surface area contributed by atoms with Crippen LogP contribution >= 0.6 is 0 Å². The van der Waals surface area contributed by atoms with Crippen LogP contribution in [0.25, 0.3) is 22.2 Å². The zero-order valence-corrected chi connectivity index (χ0v) is 10.4. The van der Waals surface area contributed by atoms with Crippen molar-refractivity contribution in [1.29, 1.82) is 0 Å². The van der Waals surface area contributed by atoms with Crippen molar-refractivity contribution in [2.24, 2.45) is 7.05 Å². The summed E-state index contributed by atoms with van der Waals surface area (Å²) in [7, 11) is 3.75. The van der Waals surface area contributed by atoms with Gasteiger partial charge in [-0.3, -0.25) is 4.98 Å². The molecule has 1 aromatic carbocycles. The van der Waals surface area contributed by atoms with Gasteiger partial charge in [-0.05, 0) is 36.4 Å². The topological polar surface area (TPSA) is 27.1 Å². The van der Waals surface area contributed by atoms with E-state index in [4.69, 9.17) is 4.74 Å². The van der Waals surface area contributed by atoms with E-state index in [1.807, 2.05) is 18.3 Å². The van der Waals surface area contributed by atoms with Crippen molar-refractivity contribution in [3.63, 3.8) is 0 Å². The molecule has 0 aliphatic carbocycles. The number of fused-ring (bicyclic) bond motifs is 1. The number of aryl methyl sites for hydroxylation is 1. The van der Waals surface area contributed by atoms with Gasteiger partial charge < -0.3 is 9.30 Å². The Morgan fingerprint density at radius 3 is 2.78 bits per heavy atom. The lowest BCUT2D eigenvalue weighted by Crippen LogP contribution is -1.91. The maximum absolute atomic E-state index is 5.26. The van der Waals surface area contributed by atoms with Crippen LogP contribution < -0.4 is 4.74 Å². The lowest BCUT2D eigenvalue weighted by molar-refractivity contribution is 0.415. The maximum Gasteiger partial charge on any atom is 0.119 e. The van der Waals surface area contributed by atoms with E-state index in [-0.39, 0.29) is 0 Å². The Bertz CT molecular complexity index is 686. The number of hydrogen-bond acceptors (Lipinski definition) is 2. The predicted molar refractivity (Wildman–Crippen MR) is 72.7 cm³/mol. The maximum atomic E-state index is 5.26. The van der Waals surface area contributed by atoms with E-state index in [9.17, 15) is 0 Å². The van der Waals surface area contributed by atoms with Crippen LogP contribution in [0.3, 0.4) is 0 Å². The number of methoxy groups -OCH3 is 1. The third-order valence-electron chi connectivity index (χ3n) is 3.21. The van der Waals surface area contributed by atoms with E-state index in [0.29, 0.717) is 0 Å². The molecule has 0 bridgehead atoms. The summed E-state index contributed by atoms with van der Waals surface area (Å²) >= 11 is 0. The number of ether oxygens (including phenoxy) is 1. The molecule has 3 rings (SSSR count). The molecule has 0 aliphatic heterocycles. The number of aromatic nitrogens is 2. The molecule has 0 spiro atoms. The highest BCUT2D eigenvalue weighted by atomic mass is 16.5. The largest absolute Gasteiger partial charge is 0.497 e. The van der Waals surface area contributed by atoms with Crippen molar-refractivity contribution in [3.05, 3.63) is 48.8 Å². The monoisotopic (exact) mass is 238 g/mol. The van der Waals surface area contributed by atoms with Gasteiger partial charge >= 0.3 is 0 Å². The van der Waals surface area contributed by atoms with Gasteiger partial charge in [-0.2, -0.15) is 0 Å². The normalized spacial score (nSPS) is 10.8. The molecule has 0 unspecified atom stereocenters. The molecule has 0 saturated heterocycles. The minimum Gasteiger partial charge on any atom is -0.497 e. The third-order valence-corrected chi connectivity index (χ3v) is 3.21. The first-order chi connectivity index (χ1) is 8.79. The first kappa shape index (κ1) is 10.8. The Kier molecular flexibility index (Phi) is 2.52. The molecule has 2 heterocycles. The molecule has 0 radical (unpaired) electrons. The SMILES string of the molecule is COc1ccc2c(c1)cc(-c1cccnc1)n2C. The molecule has 2 aromatic heterocycles. The second-order valence-corrected chi connectivity index (χ2v) is 4.26. The van der Waals surface area contributed by atoms with Crippen LogP contribution in [0.2, 0.25) is 0 Å². The van der Waals surface area contributed by atoms with Gasteiger partial charge in [0.15, 0.2) is 0 Å². The predicted octanol–water partition coefficient (Wildman–Crippen LogP) is 3.25. The van der Waals surface area contributed by atoms with Crippen LogP contribution in [0.4, 0.5) is 0 Å². The van der Waals surface area contributed by atoms with Crippen molar-refractivity contribution < 1.29 is 4.74 Å². The van der Waals surface area contributed by atoms with E-state index < -0.39 is 0 Å². The Balaban J connectivity index is 2.23. The lowest BCUT2D eigenvalue weighted by Gasteiger charge is -2.04. The third kappa shape index (κ3) is 1.64. The van der Waals surface area contributed by atoms with E-state index in [1.165, 1.54) is 10.9 Å². The second-order valence-electron chi connectivity index (χ2n) is 4.26. The number of benzene rings is 1. The van der Waals surface area contributed by atoms with E-state index in [0.717, 1.165) is 17.0 Å². The van der Waals surface area contributed by atoms with Gasteiger partial charge in [0.05, 0.1) is 12.8 Å². The van der Waals surface area contributed by atoms with Crippen molar-refractivity contribution in [2.45, 2.75) is 0 Å². The molecule has 18 heavy (non-hydrogen) atoms. The molecule has 0 amide bonds. The summed E-state index contributed by atoms with van der Waals surface area (Å²) in [5.74, 6) is 0.880. The molecular formula is C15H14N2O. The fourth-order valence-electron chi connectivity index (χ4n) is 2.25. The van der Waals surface area contributed by atoms with Crippen LogP contribution in [0, 0.1) is 0 Å².